The van der Waals surface area contributed by atoms with E-state index in [1.54, 1.807) is 0 Å². The van der Waals surface area contributed by atoms with Crippen LogP contribution in [0, 0.1) is 11.8 Å². The Morgan fingerprint density at radius 1 is 1.35 bits per heavy atom. The van der Waals surface area contributed by atoms with E-state index in [-0.39, 0.29) is 11.5 Å². The second-order valence-corrected chi connectivity index (χ2v) is 7.71. The summed E-state index contributed by atoms with van der Waals surface area (Å²) in [6, 6.07) is 0. The molecule has 0 aromatic heterocycles. The van der Waals surface area contributed by atoms with E-state index in [1.165, 1.54) is 24.3 Å². The highest BCUT2D eigenvalue weighted by atomic mass is 32.2. The van der Waals surface area contributed by atoms with Gasteiger partial charge in [-0.15, -0.1) is 0 Å². The van der Waals surface area contributed by atoms with Crippen LogP contribution in [0.5, 0.6) is 0 Å². The van der Waals surface area contributed by atoms with E-state index >= 15 is 0 Å². The molecule has 2 unspecified atom stereocenters. The van der Waals surface area contributed by atoms with Crippen LogP contribution in [0.25, 0.3) is 0 Å². The minimum absolute atomic E-state index is 0.0485. The van der Waals surface area contributed by atoms with Gasteiger partial charge >= 0.3 is 0 Å². The van der Waals surface area contributed by atoms with Crippen molar-refractivity contribution in [3.05, 3.63) is 0 Å². The number of rotatable bonds is 6. The molecule has 3 heteroatoms. The lowest BCUT2D eigenvalue weighted by Gasteiger charge is -2.43. The predicted molar refractivity (Wildman–Crippen MR) is 86.3 cm³/mol. The Labute approximate surface area is 128 Å². The number of carbonyl (C=O) groups excluding carboxylic acids is 1. The molecular formula is C17H30O2S. The maximum Gasteiger partial charge on any atom is 0.139 e. The van der Waals surface area contributed by atoms with Crippen molar-refractivity contribution >= 4 is 17.5 Å². The molecule has 1 spiro atoms. The van der Waals surface area contributed by atoms with Crippen LogP contribution in [0.3, 0.4) is 0 Å². The Morgan fingerprint density at radius 3 is 2.75 bits per heavy atom. The van der Waals surface area contributed by atoms with Crippen molar-refractivity contribution in [3.63, 3.8) is 0 Å². The Kier molecular flexibility index (Phi) is 6.41. The second-order valence-electron chi connectivity index (χ2n) is 6.48. The van der Waals surface area contributed by atoms with Crippen LogP contribution < -0.4 is 0 Å². The third kappa shape index (κ3) is 4.00. The Balaban J connectivity index is 1.94. The smallest absolute Gasteiger partial charge is 0.139 e. The molecule has 2 fully saturated rings. The number of thioether (sulfide) groups is 1. The summed E-state index contributed by atoms with van der Waals surface area (Å²) in [6.07, 6.45) is 8.73. The second kappa shape index (κ2) is 7.84. The van der Waals surface area contributed by atoms with Gasteiger partial charge in [-0.2, -0.15) is 11.8 Å². The number of unbranched alkanes of at least 4 members (excludes halogenated alkanes) is 1. The zero-order valence-electron chi connectivity index (χ0n) is 13.2. The molecule has 0 amide bonds. The fourth-order valence-corrected chi connectivity index (χ4v) is 4.93. The average molecular weight is 298 g/mol. The van der Waals surface area contributed by atoms with Crippen LogP contribution in [-0.2, 0) is 9.53 Å². The molecule has 20 heavy (non-hydrogen) atoms. The van der Waals surface area contributed by atoms with Crippen molar-refractivity contribution < 1.29 is 9.53 Å². The van der Waals surface area contributed by atoms with Gasteiger partial charge in [0.25, 0.3) is 0 Å². The molecule has 0 N–H and O–H groups in total. The predicted octanol–water partition coefficient (Wildman–Crippen LogP) is 4.46. The van der Waals surface area contributed by atoms with Crippen molar-refractivity contribution in [1.29, 1.82) is 0 Å². The van der Waals surface area contributed by atoms with Crippen molar-refractivity contribution in [2.75, 3.05) is 18.1 Å². The Hall–Kier alpha value is -0.0200. The first-order valence-electron chi connectivity index (χ1n) is 8.46. The van der Waals surface area contributed by atoms with Gasteiger partial charge in [0.15, 0.2) is 0 Å². The lowest BCUT2D eigenvalue weighted by atomic mass is 9.76. The first-order valence-corrected chi connectivity index (χ1v) is 9.61. The molecule has 2 rings (SSSR count). The van der Waals surface area contributed by atoms with Gasteiger partial charge in [-0.05, 0) is 50.0 Å². The fraction of sp³-hybridized carbons (Fsp3) is 0.941. The van der Waals surface area contributed by atoms with E-state index in [9.17, 15) is 4.79 Å². The van der Waals surface area contributed by atoms with Crippen molar-refractivity contribution in [2.45, 2.75) is 70.8 Å². The summed E-state index contributed by atoms with van der Waals surface area (Å²) in [4.78, 5) is 12.8. The lowest BCUT2D eigenvalue weighted by molar-refractivity contribution is -0.142. The third-order valence-electron chi connectivity index (χ3n) is 5.10. The normalized spacial score (nSPS) is 27.4. The zero-order valence-corrected chi connectivity index (χ0v) is 14.0. The minimum Gasteiger partial charge on any atom is -0.375 e. The Morgan fingerprint density at radius 2 is 2.10 bits per heavy atom. The molecular weight excluding hydrogens is 268 g/mol. The number of hydrogen-bond donors (Lipinski definition) is 0. The summed E-state index contributed by atoms with van der Waals surface area (Å²) in [5.41, 5.74) is 0.0485. The van der Waals surface area contributed by atoms with Gasteiger partial charge < -0.3 is 4.74 Å². The SMILES string of the molecule is CCCCC(CC)C(=O)C1CCOC2(CCSCC2)C1. The summed E-state index contributed by atoms with van der Waals surface area (Å²) in [6.45, 7) is 5.18. The summed E-state index contributed by atoms with van der Waals surface area (Å²) >= 11 is 2.03. The first-order chi connectivity index (χ1) is 9.71. The molecule has 2 aliphatic heterocycles. The molecule has 2 nitrogen and oxygen atoms in total. The van der Waals surface area contributed by atoms with Crippen molar-refractivity contribution in [1.82, 2.24) is 0 Å². The monoisotopic (exact) mass is 298 g/mol. The molecule has 0 aromatic rings. The number of ketones is 1. The van der Waals surface area contributed by atoms with E-state index in [0.29, 0.717) is 11.7 Å². The fourth-order valence-electron chi connectivity index (χ4n) is 3.69. The van der Waals surface area contributed by atoms with E-state index in [4.69, 9.17) is 4.74 Å². The zero-order chi connectivity index (χ0) is 14.4. The number of hydrogen-bond acceptors (Lipinski definition) is 3. The molecule has 0 aliphatic carbocycles. The first kappa shape index (κ1) is 16.4. The maximum atomic E-state index is 12.8. The van der Waals surface area contributed by atoms with Gasteiger partial charge in [0.2, 0.25) is 0 Å². The third-order valence-corrected chi connectivity index (χ3v) is 6.09. The summed E-state index contributed by atoms with van der Waals surface area (Å²) in [5, 5.41) is 0. The average Bonchev–Trinajstić information content (AvgIpc) is 2.48. The molecule has 2 heterocycles. The highest BCUT2D eigenvalue weighted by Crippen LogP contribution is 2.41. The minimum atomic E-state index is 0.0485. The van der Waals surface area contributed by atoms with Crippen LogP contribution >= 0.6 is 11.8 Å². The quantitative estimate of drug-likeness (QED) is 0.724. The van der Waals surface area contributed by atoms with Crippen LogP contribution in [0.15, 0.2) is 0 Å². The summed E-state index contributed by atoms with van der Waals surface area (Å²) < 4.78 is 6.12. The van der Waals surface area contributed by atoms with Crippen molar-refractivity contribution in [2.24, 2.45) is 11.8 Å². The summed E-state index contributed by atoms with van der Waals surface area (Å²) in [5.74, 6) is 3.52. The molecule has 116 valence electrons. The van der Waals surface area contributed by atoms with Crippen LogP contribution in [0.4, 0.5) is 0 Å². The maximum absolute atomic E-state index is 12.8. The van der Waals surface area contributed by atoms with Crippen LogP contribution in [0.2, 0.25) is 0 Å². The molecule has 2 aliphatic rings. The molecule has 0 bridgehead atoms. The molecule has 0 saturated carbocycles. The van der Waals surface area contributed by atoms with E-state index in [0.717, 1.165) is 45.1 Å². The van der Waals surface area contributed by atoms with Crippen molar-refractivity contribution in [3.8, 4) is 0 Å². The number of carbonyl (C=O) groups is 1. The highest BCUT2D eigenvalue weighted by molar-refractivity contribution is 7.99. The molecule has 2 saturated heterocycles. The van der Waals surface area contributed by atoms with Crippen LogP contribution in [-0.4, -0.2) is 29.5 Å². The molecule has 0 aromatic carbocycles. The van der Waals surface area contributed by atoms with Gasteiger partial charge in [-0.25, -0.2) is 0 Å². The topological polar surface area (TPSA) is 26.3 Å². The lowest BCUT2D eigenvalue weighted by Crippen LogP contribution is -2.45. The van der Waals surface area contributed by atoms with Gasteiger partial charge in [0.1, 0.15) is 5.78 Å². The van der Waals surface area contributed by atoms with E-state index < -0.39 is 0 Å². The number of ether oxygens (including phenoxy) is 1. The van der Waals surface area contributed by atoms with Gasteiger partial charge in [0.05, 0.1) is 5.60 Å². The molecule has 2 atom stereocenters. The number of Topliss-reactive ketones (excluding diaryl/α,β-unsaturated/α-hetero) is 1. The van der Waals surface area contributed by atoms with Gasteiger partial charge in [-0.3, -0.25) is 4.79 Å². The Bertz CT molecular complexity index is 305. The van der Waals surface area contributed by atoms with Crippen LogP contribution in [0.1, 0.15) is 65.2 Å². The summed E-state index contributed by atoms with van der Waals surface area (Å²) in [7, 11) is 0. The standard InChI is InChI=1S/C17H30O2S/c1-3-5-6-14(4-2)16(18)15-7-10-19-17(13-15)8-11-20-12-9-17/h14-15H,3-13H2,1-2H3. The largest absolute Gasteiger partial charge is 0.375 e. The van der Waals surface area contributed by atoms with E-state index in [1.807, 2.05) is 11.8 Å². The van der Waals surface area contributed by atoms with E-state index in [2.05, 4.69) is 13.8 Å². The highest BCUT2D eigenvalue weighted by Gasteiger charge is 2.41. The van der Waals surface area contributed by atoms with Gasteiger partial charge in [-0.1, -0.05) is 26.7 Å². The van der Waals surface area contributed by atoms with Gasteiger partial charge in [0, 0.05) is 18.4 Å². The molecule has 0 radical (unpaired) electrons.